The molecule has 6 nitrogen and oxygen atoms in total. The average molecular weight is 632 g/mol. The fourth-order valence-electron chi connectivity index (χ4n) is 5.41. The zero-order valence-electron chi connectivity index (χ0n) is 25.0. The number of hydrogen-bond donors (Lipinski definition) is 0. The summed E-state index contributed by atoms with van der Waals surface area (Å²) in [5.74, 6) is -6.84. The third-order valence-electron chi connectivity index (χ3n) is 7.62. The topological polar surface area (TPSA) is 55.4 Å². The second-order valence-corrected chi connectivity index (χ2v) is 13.5. The quantitative estimate of drug-likeness (QED) is 0.101. The maximum atomic E-state index is 16.7. The van der Waals surface area contributed by atoms with Gasteiger partial charge in [-0.15, -0.1) is 0 Å². The molecular weight excluding hydrogens is 592 g/mol. The Labute approximate surface area is 251 Å². The normalized spacial score (nSPS) is 13.6. The first-order valence-electron chi connectivity index (χ1n) is 13.6. The molecule has 42 heavy (non-hydrogen) atoms. The van der Waals surface area contributed by atoms with E-state index in [4.69, 9.17) is 28.4 Å². The predicted molar refractivity (Wildman–Crippen MR) is 147 cm³/mol. The molecule has 231 valence electrons. The van der Waals surface area contributed by atoms with Crippen molar-refractivity contribution >= 4 is 7.74 Å². The van der Waals surface area contributed by atoms with Gasteiger partial charge < -0.3 is 0 Å². The van der Waals surface area contributed by atoms with Gasteiger partial charge in [-0.2, -0.15) is 0 Å². The van der Waals surface area contributed by atoms with Gasteiger partial charge in [-0.05, 0) is 0 Å². The van der Waals surface area contributed by atoms with E-state index in [0.717, 1.165) is 12.1 Å². The molecule has 0 saturated heterocycles. The molecule has 0 bridgehead atoms. The van der Waals surface area contributed by atoms with E-state index >= 15 is 17.6 Å². The van der Waals surface area contributed by atoms with E-state index in [0.29, 0.717) is 36.4 Å². The first-order chi connectivity index (χ1) is 20.2. The Hall–Kier alpha value is -1.89. The first kappa shape index (κ1) is 34.6. The second kappa shape index (κ2) is 15.7. The van der Waals surface area contributed by atoms with Gasteiger partial charge in [0.05, 0.1) is 0 Å². The summed E-state index contributed by atoms with van der Waals surface area (Å²) in [7, 11) is 8.52. The summed E-state index contributed by atoms with van der Waals surface area (Å²) in [6.45, 7) is 0.715. The molecule has 11 heteroatoms. The van der Waals surface area contributed by atoms with Gasteiger partial charge in [0.25, 0.3) is 0 Å². The van der Waals surface area contributed by atoms with Crippen molar-refractivity contribution in [3.8, 4) is 0 Å². The van der Waals surface area contributed by atoms with Gasteiger partial charge in [-0.25, -0.2) is 0 Å². The number of halogens is 4. The summed E-state index contributed by atoms with van der Waals surface area (Å²) >= 11 is -3.84. The fraction of sp³-hybridized carbons (Fsp3) is 0.484. The van der Waals surface area contributed by atoms with E-state index < -0.39 is 52.7 Å². The summed E-state index contributed by atoms with van der Waals surface area (Å²) in [6.07, 6.45) is 6.80. The van der Waals surface area contributed by atoms with E-state index in [1.807, 2.05) is 0 Å². The Morgan fingerprint density at radius 2 is 1.10 bits per heavy atom. The van der Waals surface area contributed by atoms with E-state index in [-0.39, 0.29) is 31.7 Å². The van der Waals surface area contributed by atoms with Crippen LogP contribution in [0, 0.1) is 23.3 Å². The summed E-state index contributed by atoms with van der Waals surface area (Å²) in [4.78, 5) is 0. The third kappa shape index (κ3) is 6.92. The Morgan fingerprint density at radius 3 is 1.43 bits per heavy atom. The number of rotatable bonds is 17. The van der Waals surface area contributed by atoms with E-state index in [9.17, 15) is 0 Å². The van der Waals surface area contributed by atoms with Crippen molar-refractivity contribution in [2.45, 2.75) is 43.7 Å². The van der Waals surface area contributed by atoms with Gasteiger partial charge in [0.2, 0.25) is 0 Å². The molecule has 0 aliphatic heterocycles. The van der Waals surface area contributed by atoms with Gasteiger partial charge in [-0.3, -0.25) is 0 Å². The van der Waals surface area contributed by atoms with Gasteiger partial charge in [0, 0.05) is 0 Å². The zero-order chi connectivity index (χ0) is 30.9. The number of allylic oxidation sites excluding steroid dienone is 4. The van der Waals surface area contributed by atoms with Crippen LogP contribution in [-0.2, 0) is 57.9 Å². The molecule has 0 amide bonds. The summed E-state index contributed by atoms with van der Waals surface area (Å²) in [5.41, 5.74) is -0.118. The second-order valence-electron chi connectivity index (χ2n) is 9.78. The molecule has 0 heterocycles. The summed E-state index contributed by atoms with van der Waals surface area (Å²) < 4.78 is 97.7. The Balaban J connectivity index is 2.30. The summed E-state index contributed by atoms with van der Waals surface area (Å²) in [5, 5.41) is 0. The van der Waals surface area contributed by atoms with Gasteiger partial charge >= 0.3 is 252 Å². The van der Waals surface area contributed by atoms with Crippen LogP contribution in [0.5, 0.6) is 0 Å². The van der Waals surface area contributed by atoms with Gasteiger partial charge in [0.1, 0.15) is 0 Å². The predicted octanol–water partition coefficient (Wildman–Crippen LogP) is 5.40. The standard InChI is InChI=1S/2C13H17F2O3.C5H5.Ti/c2*1-16-8-4-7-13(17-2,18-3)11-6-5-10(14)9-12(11)15;1-2-4-5-3-1;/h2*5-6H,4,7-8H2,1-3H3;1-3H,4H2;. The number of hydrogen-bond acceptors (Lipinski definition) is 6. The molecule has 0 fully saturated rings. The Kier molecular flexibility index (Phi) is 13.0. The average Bonchev–Trinajstić information content (AvgIpc) is 3.53. The zero-order valence-corrected chi connectivity index (χ0v) is 26.5. The fourth-order valence-corrected chi connectivity index (χ4v) is 9.83. The van der Waals surface area contributed by atoms with Crippen molar-refractivity contribution in [2.75, 3.05) is 55.9 Å². The van der Waals surface area contributed by atoms with Crippen LogP contribution in [0.15, 0.2) is 46.4 Å². The van der Waals surface area contributed by atoms with Crippen molar-refractivity contribution in [2.24, 2.45) is 0 Å². The van der Waals surface area contributed by atoms with Crippen LogP contribution >= 0.6 is 0 Å². The Bertz CT molecular complexity index is 1180. The van der Waals surface area contributed by atoms with Gasteiger partial charge in [0.15, 0.2) is 0 Å². The van der Waals surface area contributed by atoms with Crippen molar-refractivity contribution in [1.82, 2.24) is 0 Å². The molecule has 1 aliphatic carbocycles. The molecule has 0 spiro atoms. The summed E-state index contributed by atoms with van der Waals surface area (Å²) in [6, 6.07) is 4.72. The first-order valence-corrected chi connectivity index (χ1v) is 15.9. The van der Waals surface area contributed by atoms with Crippen LogP contribution in [0.2, 0.25) is 0 Å². The molecule has 0 N–H and O–H groups in total. The molecule has 0 radical (unpaired) electrons. The number of ether oxygens (including phenoxy) is 6. The third-order valence-corrected chi connectivity index (χ3v) is 12.2. The van der Waals surface area contributed by atoms with Crippen molar-refractivity contribution in [1.29, 1.82) is 0 Å². The van der Waals surface area contributed by atoms with Crippen LogP contribution in [0.25, 0.3) is 0 Å². The molecule has 0 unspecified atom stereocenters. The molecule has 2 aromatic rings. The van der Waals surface area contributed by atoms with Crippen molar-refractivity contribution < 1.29 is 63.9 Å². The van der Waals surface area contributed by atoms with Crippen LogP contribution in [0.3, 0.4) is 0 Å². The van der Waals surface area contributed by atoms with Crippen LogP contribution in [0.1, 0.15) is 43.2 Å². The van der Waals surface area contributed by atoms with E-state index in [2.05, 4.69) is 0 Å². The van der Waals surface area contributed by atoms with Crippen molar-refractivity contribution in [3.05, 3.63) is 80.8 Å². The number of methoxy groups -OCH3 is 6. The maximum absolute atomic E-state index is 16.7. The SMILES string of the molecule is COCCCC(OC)(OC)c1ccc(F)[c]([Ti]([C]2=CC=CC2)[c]2c(F)ccc(C(CCCOC)(OC)OC)c2F)c1F. The van der Waals surface area contributed by atoms with Crippen LogP contribution in [0.4, 0.5) is 17.6 Å². The molecule has 0 aromatic heterocycles. The Morgan fingerprint density at radius 1 is 0.667 bits per heavy atom. The molecule has 1 aliphatic rings. The van der Waals surface area contributed by atoms with Crippen LogP contribution < -0.4 is 7.74 Å². The monoisotopic (exact) mass is 631 g/mol. The van der Waals surface area contributed by atoms with Crippen molar-refractivity contribution in [3.63, 3.8) is 0 Å². The molecular formula is C31H39F4O6Ti. The van der Waals surface area contributed by atoms with Crippen LogP contribution in [-0.4, -0.2) is 55.9 Å². The molecule has 3 rings (SSSR count). The van der Waals surface area contributed by atoms with E-state index in [1.165, 1.54) is 54.8 Å². The minimum absolute atomic E-state index is 0.0591. The molecule has 0 saturated carbocycles. The van der Waals surface area contributed by atoms with E-state index in [1.54, 1.807) is 18.2 Å². The van der Waals surface area contributed by atoms with Gasteiger partial charge in [-0.1, -0.05) is 0 Å². The number of benzene rings is 2. The minimum atomic E-state index is -3.84. The molecule has 2 aromatic carbocycles. The molecule has 0 atom stereocenters.